The second kappa shape index (κ2) is 5.34. The number of aromatic nitrogens is 1. The van der Waals surface area contributed by atoms with Gasteiger partial charge in [-0.25, -0.2) is 4.98 Å². The van der Waals surface area contributed by atoms with Gasteiger partial charge in [-0.2, -0.15) is 0 Å². The summed E-state index contributed by atoms with van der Waals surface area (Å²) in [5, 5.41) is 0.656. The van der Waals surface area contributed by atoms with Gasteiger partial charge in [0.15, 0.2) is 5.75 Å². The van der Waals surface area contributed by atoms with E-state index in [1.54, 1.807) is 0 Å². The molecule has 1 aromatic carbocycles. The lowest BCUT2D eigenvalue weighted by atomic mass is 10.3. The van der Waals surface area contributed by atoms with Crippen molar-refractivity contribution in [3.63, 3.8) is 0 Å². The van der Waals surface area contributed by atoms with Crippen LogP contribution in [0.3, 0.4) is 0 Å². The molecule has 5 nitrogen and oxygen atoms in total. The molecule has 0 spiro atoms. The number of anilines is 1. The van der Waals surface area contributed by atoms with Crippen LogP contribution in [0, 0.1) is 0 Å². The molecule has 4 N–H and O–H groups in total. The van der Waals surface area contributed by atoms with Gasteiger partial charge in [-0.15, -0.1) is 0 Å². The van der Waals surface area contributed by atoms with Crippen LogP contribution < -0.4 is 16.2 Å². The van der Waals surface area contributed by atoms with Crippen LogP contribution in [-0.4, -0.2) is 10.9 Å². The van der Waals surface area contributed by atoms with E-state index in [2.05, 4.69) is 4.98 Å². The minimum absolute atomic E-state index is 0.259. The van der Waals surface area contributed by atoms with Gasteiger partial charge in [0.05, 0.1) is 21.3 Å². The lowest BCUT2D eigenvalue weighted by molar-refractivity contribution is 0.1000. The van der Waals surface area contributed by atoms with E-state index in [0.29, 0.717) is 21.5 Å². The summed E-state index contributed by atoms with van der Waals surface area (Å²) in [7, 11) is 0. The van der Waals surface area contributed by atoms with E-state index in [4.69, 9.17) is 39.4 Å². The number of nitrogens with zero attached hydrogens (tertiary/aromatic N) is 1. The SMILES string of the molecule is NC(=O)c1ccc(Oc2cc(Cl)c(Cl)cc2N)nc1. The standard InChI is InChI=1S/C12H9Cl2N3O2/c13-7-3-9(15)10(4-8(7)14)19-11-2-1-6(5-17-11)12(16)18/h1-5H,15H2,(H2,16,18). The number of halogens is 2. The highest BCUT2D eigenvalue weighted by Crippen LogP contribution is 2.34. The third kappa shape index (κ3) is 3.07. The third-order valence-electron chi connectivity index (χ3n) is 2.29. The van der Waals surface area contributed by atoms with E-state index < -0.39 is 5.91 Å². The van der Waals surface area contributed by atoms with Crippen molar-refractivity contribution in [3.05, 3.63) is 46.1 Å². The van der Waals surface area contributed by atoms with Gasteiger partial charge in [0, 0.05) is 18.3 Å². The number of nitrogens with two attached hydrogens (primary N) is 2. The fourth-order valence-electron chi connectivity index (χ4n) is 1.33. The number of rotatable bonds is 3. The van der Waals surface area contributed by atoms with Gasteiger partial charge < -0.3 is 16.2 Å². The van der Waals surface area contributed by atoms with Crippen molar-refractivity contribution in [1.82, 2.24) is 4.98 Å². The summed E-state index contributed by atoms with van der Waals surface area (Å²) in [6, 6.07) is 5.97. The monoisotopic (exact) mass is 297 g/mol. The second-order valence-electron chi connectivity index (χ2n) is 3.66. The molecule has 0 fully saturated rings. The summed E-state index contributed by atoms with van der Waals surface area (Å²) in [4.78, 5) is 14.8. The Morgan fingerprint density at radius 1 is 1.21 bits per heavy atom. The predicted octanol–water partition coefficient (Wildman–Crippen LogP) is 2.86. The minimum atomic E-state index is -0.562. The van der Waals surface area contributed by atoms with E-state index in [0.717, 1.165) is 0 Å². The zero-order valence-corrected chi connectivity index (χ0v) is 11.1. The maximum absolute atomic E-state index is 10.9. The molecule has 7 heteroatoms. The fraction of sp³-hybridized carbons (Fsp3) is 0. The molecule has 2 rings (SSSR count). The molecule has 0 saturated carbocycles. The molecule has 0 aliphatic rings. The van der Waals surface area contributed by atoms with Crippen LogP contribution in [-0.2, 0) is 0 Å². The molecule has 0 unspecified atom stereocenters. The molecule has 1 heterocycles. The number of carbonyl (C=O) groups is 1. The molecule has 0 saturated heterocycles. The molecule has 1 amide bonds. The molecule has 0 aliphatic carbocycles. The van der Waals surface area contributed by atoms with Crippen molar-refractivity contribution >= 4 is 34.8 Å². The topological polar surface area (TPSA) is 91.2 Å². The average molecular weight is 298 g/mol. The molecule has 19 heavy (non-hydrogen) atoms. The highest BCUT2D eigenvalue weighted by atomic mass is 35.5. The van der Waals surface area contributed by atoms with E-state index in [9.17, 15) is 4.79 Å². The lowest BCUT2D eigenvalue weighted by Crippen LogP contribution is -2.10. The third-order valence-corrected chi connectivity index (χ3v) is 3.01. The van der Waals surface area contributed by atoms with Crippen molar-refractivity contribution in [2.24, 2.45) is 5.73 Å². The summed E-state index contributed by atoms with van der Waals surface area (Å²) in [5.74, 6) is 0.0249. The number of primary amides is 1. The largest absolute Gasteiger partial charge is 0.437 e. The molecular formula is C12H9Cl2N3O2. The van der Waals surface area contributed by atoms with Gasteiger partial charge in [-0.1, -0.05) is 23.2 Å². The Hall–Kier alpha value is -1.98. The second-order valence-corrected chi connectivity index (χ2v) is 4.47. The summed E-state index contributed by atoms with van der Waals surface area (Å²) >= 11 is 11.7. The quantitative estimate of drug-likeness (QED) is 0.852. The first-order chi connectivity index (χ1) is 8.97. The van der Waals surface area contributed by atoms with Gasteiger partial charge in [0.2, 0.25) is 11.8 Å². The molecule has 2 aromatic rings. The Bertz CT molecular complexity index is 630. The molecule has 1 aromatic heterocycles. The number of hydrogen-bond acceptors (Lipinski definition) is 4. The van der Waals surface area contributed by atoms with E-state index in [1.165, 1.54) is 30.5 Å². The van der Waals surface area contributed by atoms with Gasteiger partial charge in [-0.3, -0.25) is 4.79 Å². The van der Waals surface area contributed by atoms with Crippen molar-refractivity contribution in [1.29, 1.82) is 0 Å². The van der Waals surface area contributed by atoms with Crippen molar-refractivity contribution in [2.45, 2.75) is 0 Å². The first-order valence-corrected chi connectivity index (χ1v) is 5.91. The Morgan fingerprint density at radius 2 is 1.89 bits per heavy atom. The van der Waals surface area contributed by atoms with E-state index in [-0.39, 0.29) is 11.4 Å². The number of nitrogen functional groups attached to an aromatic ring is 1. The maximum Gasteiger partial charge on any atom is 0.250 e. The summed E-state index contributed by atoms with van der Waals surface area (Å²) in [5.41, 5.74) is 11.5. The molecule has 0 bridgehead atoms. The summed E-state index contributed by atoms with van der Waals surface area (Å²) in [6.45, 7) is 0. The number of ether oxygens (including phenoxy) is 1. The van der Waals surface area contributed by atoms with Crippen LogP contribution in [0.5, 0.6) is 11.6 Å². The molecule has 0 atom stereocenters. The molecular weight excluding hydrogens is 289 g/mol. The molecule has 0 radical (unpaired) electrons. The maximum atomic E-state index is 10.9. The normalized spacial score (nSPS) is 10.2. The zero-order valence-electron chi connectivity index (χ0n) is 9.56. The average Bonchev–Trinajstić information content (AvgIpc) is 2.36. The van der Waals surface area contributed by atoms with Crippen LogP contribution >= 0.6 is 23.2 Å². The molecule has 0 aliphatic heterocycles. The zero-order chi connectivity index (χ0) is 14.0. The van der Waals surface area contributed by atoms with Gasteiger partial charge in [0.1, 0.15) is 0 Å². The Morgan fingerprint density at radius 3 is 2.47 bits per heavy atom. The van der Waals surface area contributed by atoms with Gasteiger partial charge in [-0.05, 0) is 12.1 Å². The predicted molar refractivity (Wildman–Crippen MR) is 73.7 cm³/mol. The van der Waals surface area contributed by atoms with Crippen molar-refractivity contribution in [3.8, 4) is 11.6 Å². The first-order valence-electron chi connectivity index (χ1n) is 5.15. The van der Waals surface area contributed by atoms with Crippen molar-refractivity contribution < 1.29 is 9.53 Å². The summed E-state index contributed by atoms with van der Waals surface area (Å²) < 4.78 is 5.45. The number of hydrogen-bond donors (Lipinski definition) is 2. The Labute approximate surface area is 119 Å². The minimum Gasteiger partial charge on any atom is -0.437 e. The van der Waals surface area contributed by atoms with Crippen LogP contribution in [0.1, 0.15) is 10.4 Å². The Kier molecular flexibility index (Phi) is 3.78. The van der Waals surface area contributed by atoms with E-state index >= 15 is 0 Å². The number of amides is 1. The van der Waals surface area contributed by atoms with Gasteiger partial charge >= 0.3 is 0 Å². The fourth-order valence-corrected chi connectivity index (χ4v) is 1.66. The highest BCUT2D eigenvalue weighted by Gasteiger charge is 2.08. The Balaban J connectivity index is 2.26. The van der Waals surface area contributed by atoms with Crippen LogP contribution in [0.2, 0.25) is 10.0 Å². The van der Waals surface area contributed by atoms with Crippen molar-refractivity contribution in [2.75, 3.05) is 5.73 Å². The lowest BCUT2D eigenvalue weighted by Gasteiger charge is -2.09. The molecule has 98 valence electrons. The number of carbonyl (C=O) groups excluding carboxylic acids is 1. The van der Waals surface area contributed by atoms with E-state index in [1.807, 2.05) is 0 Å². The summed E-state index contributed by atoms with van der Waals surface area (Å²) in [6.07, 6.45) is 1.31. The first kappa shape index (κ1) is 13.5. The number of pyridine rings is 1. The van der Waals surface area contributed by atoms with Crippen LogP contribution in [0.4, 0.5) is 5.69 Å². The highest BCUT2D eigenvalue weighted by molar-refractivity contribution is 6.42. The van der Waals surface area contributed by atoms with Crippen LogP contribution in [0.25, 0.3) is 0 Å². The van der Waals surface area contributed by atoms with Crippen LogP contribution in [0.15, 0.2) is 30.5 Å². The van der Waals surface area contributed by atoms with Gasteiger partial charge in [0.25, 0.3) is 0 Å². The number of benzene rings is 1. The smallest absolute Gasteiger partial charge is 0.250 e.